The zero-order valence-corrected chi connectivity index (χ0v) is 12.3. The molecule has 1 aromatic heterocycles. The maximum Gasteiger partial charge on any atom is 0.276 e. The van der Waals surface area contributed by atoms with Crippen LogP contribution in [0.1, 0.15) is 36.6 Å². The van der Waals surface area contributed by atoms with Gasteiger partial charge in [-0.05, 0) is 30.7 Å². The number of hydrogen-bond donors (Lipinski definition) is 1. The van der Waals surface area contributed by atoms with E-state index in [1.165, 1.54) is 5.56 Å². The molecule has 5 heteroatoms. The monoisotopic (exact) mass is 289 g/mol. The molecule has 3 rings (SSSR count). The Bertz CT molecular complexity index is 557. The van der Waals surface area contributed by atoms with Gasteiger partial charge in [0, 0.05) is 18.2 Å². The second-order valence-electron chi connectivity index (χ2n) is 5.33. The van der Waals surface area contributed by atoms with Crippen LogP contribution in [0.4, 0.5) is 0 Å². The molecule has 0 amide bonds. The molecular weight excluding hydrogens is 270 g/mol. The van der Waals surface area contributed by atoms with Crippen LogP contribution in [0.25, 0.3) is 0 Å². The number of benzene rings is 1. The Morgan fingerprint density at radius 2 is 2.00 bits per heavy atom. The maximum absolute atomic E-state index is 6.26. The highest BCUT2D eigenvalue weighted by atomic mass is 32.2. The van der Waals surface area contributed by atoms with Crippen LogP contribution in [0, 0.1) is 6.92 Å². The van der Waals surface area contributed by atoms with Crippen molar-refractivity contribution >= 4 is 11.8 Å². The Morgan fingerprint density at radius 3 is 2.70 bits per heavy atom. The summed E-state index contributed by atoms with van der Waals surface area (Å²) in [5, 5.41) is 8.92. The van der Waals surface area contributed by atoms with E-state index in [9.17, 15) is 0 Å². The predicted octanol–water partition coefficient (Wildman–Crippen LogP) is 3.13. The molecule has 0 radical (unpaired) electrons. The Hall–Kier alpha value is -1.33. The third kappa shape index (κ3) is 3.04. The zero-order chi connectivity index (χ0) is 13.9. The topological polar surface area (TPSA) is 64.9 Å². The fourth-order valence-electron chi connectivity index (χ4n) is 2.77. The SMILES string of the molecule is Cc1nnc(SC2CC(c3ccccc3)CCC2N)o1. The van der Waals surface area contributed by atoms with E-state index in [0.717, 1.165) is 19.3 Å². The number of nitrogens with zero attached hydrogens (tertiary/aromatic N) is 2. The lowest BCUT2D eigenvalue weighted by Crippen LogP contribution is -2.37. The van der Waals surface area contributed by atoms with Crippen molar-refractivity contribution in [2.24, 2.45) is 5.73 Å². The van der Waals surface area contributed by atoms with Crippen LogP contribution in [0.3, 0.4) is 0 Å². The van der Waals surface area contributed by atoms with E-state index in [1.54, 1.807) is 11.8 Å². The third-order valence-electron chi connectivity index (χ3n) is 3.87. The van der Waals surface area contributed by atoms with Crippen molar-refractivity contribution in [1.82, 2.24) is 10.2 Å². The molecular formula is C15H19N3OS. The molecule has 0 aliphatic heterocycles. The van der Waals surface area contributed by atoms with Gasteiger partial charge in [-0.15, -0.1) is 10.2 Å². The summed E-state index contributed by atoms with van der Waals surface area (Å²) in [7, 11) is 0. The lowest BCUT2D eigenvalue weighted by molar-refractivity contribution is 0.395. The predicted molar refractivity (Wildman–Crippen MR) is 79.7 cm³/mol. The molecule has 0 spiro atoms. The average molecular weight is 289 g/mol. The van der Waals surface area contributed by atoms with Gasteiger partial charge in [0.25, 0.3) is 5.22 Å². The summed E-state index contributed by atoms with van der Waals surface area (Å²) in [4.78, 5) is 0. The molecule has 1 saturated carbocycles. The standard InChI is InChI=1S/C15H19N3OS/c1-10-17-18-15(19-10)20-14-9-12(7-8-13(14)16)11-5-3-2-4-6-11/h2-6,12-14H,7-9,16H2,1H3. The molecule has 1 aliphatic carbocycles. The molecule has 4 nitrogen and oxygen atoms in total. The Morgan fingerprint density at radius 1 is 1.20 bits per heavy atom. The van der Waals surface area contributed by atoms with Gasteiger partial charge in [-0.3, -0.25) is 0 Å². The Kier molecular flexibility index (Phi) is 4.08. The highest BCUT2D eigenvalue weighted by Crippen LogP contribution is 2.39. The molecule has 20 heavy (non-hydrogen) atoms. The van der Waals surface area contributed by atoms with Crippen molar-refractivity contribution in [3.05, 3.63) is 41.8 Å². The van der Waals surface area contributed by atoms with Crippen molar-refractivity contribution in [2.75, 3.05) is 0 Å². The fraction of sp³-hybridized carbons (Fsp3) is 0.467. The van der Waals surface area contributed by atoms with Gasteiger partial charge in [0.1, 0.15) is 0 Å². The van der Waals surface area contributed by atoms with E-state index in [4.69, 9.17) is 10.2 Å². The lowest BCUT2D eigenvalue weighted by Gasteiger charge is -2.33. The smallest absolute Gasteiger partial charge is 0.276 e. The van der Waals surface area contributed by atoms with Crippen molar-refractivity contribution in [3.63, 3.8) is 0 Å². The summed E-state index contributed by atoms with van der Waals surface area (Å²) in [5.41, 5.74) is 7.67. The number of rotatable bonds is 3. The fourth-order valence-corrected chi connectivity index (χ4v) is 3.93. The summed E-state index contributed by atoms with van der Waals surface area (Å²) in [6, 6.07) is 10.9. The summed E-state index contributed by atoms with van der Waals surface area (Å²) in [6.45, 7) is 1.81. The molecule has 2 N–H and O–H groups in total. The lowest BCUT2D eigenvalue weighted by atomic mass is 9.82. The molecule has 1 aromatic carbocycles. The molecule has 3 atom stereocenters. The van der Waals surface area contributed by atoms with Crippen LogP contribution in [0.2, 0.25) is 0 Å². The van der Waals surface area contributed by atoms with E-state index in [0.29, 0.717) is 22.3 Å². The molecule has 1 fully saturated rings. The van der Waals surface area contributed by atoms with Gasteiger partial charge in [0.15, 0.2) is 0 Å². The number of aromatic nitrogens is 2. The number of thioether (sulfide) groups is 1. The Labute approximate surface area is 123 Å². The minimum Gasteiger partial charge on any atom is -0.416 e. The summed E-state index contributed by atoms with van der Waals surface area (Å²) in [6.07, 6.45) is 3.27. The van der Waals surface area contributed by atoms with Crippen molar-refractivity contribution < 1.29 is 4.42 Å². The average Bonchev–Trinajstić information content (AvgIpc) is 2.88. The third-order valence-corrected chi connectivity index (χ3v) is 5.08. The number of hydrogen-bond acceptors (Lipinski definition) is 5. The van der Waals surface area contributed by atoms with Crippen LogP contribution >= 0.6 is 11.8 Å². The van der Waals surface area contributed by atoms with E-state index in [2.05, 4.69) is 40.5 Å². The Balaban J connectivity index is 1.70. The van der Waals surface area contributed by atoms with Crippen molar-refractivity contribution in [3.8, 4) is 0 Å². The van der Waals surface area contributed by atoms with Crippen LogP contribution in [0.15, 0.2) is 40.0 Å². The molecule has 1 heterocycles. The van der Waals surface area contributed by atoms with Gasteiger partial charge >= 0.3 is 0 Å². The first kappa shape index (κ1) is 13.6. The first-order chi connectivity index (χ1) is 9.72. The van der Waals surface area contributed by atoms with E-state index >= 15 is 0 Å². The quantitative estimate of drug-likeness (QED) is 0.940. The van der Waals surface area contributed by atoms with Gasteiger partial charge in [-0.1, -0.05) is 42.1 Å². The first-order valence-electron chi connectivity index (χ1n) is 6.99. The molecule has 2 aromatic rings. The number of aryl methyl sites for hydroxylation is 1. The van der Waals surface area contributed by atoms with Gasteiger partial charge < -0.3 is 10.2 Å². The minimum absolute atomic E-state index is 0.201. The molecule has 106 valence electrons. The summed E-state index contributed by atoms with van der Waals surface area (Å²) < 4.78 is 5.46. The molecule has 0 saturated heterocycles. The largest absolute Gasteiger partial charge is 0.416 e. The molecule has 1 aliphatic rings. The van der Waals surface area contributed by atoms with Crippen LogP contribution < -0.4 is 5.73 Å². The van der Waals surface area contributed by atoms with E-state index in [-0.39, 0.29) is 6.04 Å². The second-order valence-corrected chi connectivity index (χ2v) is 6.52. The second kappa shape index (κ2) is 5.97. The van der Waals surface area contributed by atoms with Crippen LogP contribution in [-0.2, 0) is 0 Å². The molecule has 0 bridgehead atoms. The van der Waals surface area contributed by atoms with Crippen molar-refractivity contribution in [2.45, 2.75) is 48.6 Å². The van der Waals surface area contributed by atoms with E-state index in [1.807, 2.05) is 6.92 Å². The highest BCUT2D eigenvalue weighted by Gasteiger charge is 2.31. The van der Waals surface area contributed by atoms with Crippen molar-refractivity contribution in [1.29, 1.82) is 0 Å². The van der Waals surface area contributed by atoms with Gasteiger partial charge in [0.2, 0.25) is 5.89 Å². The van der Waals surface area contributed by atoms with Gasteiger partial charge in [-0.2, -0.15) is 0 Å². The van der Waals surface area contributed by atoms with Gasteiger partial charge in [-0.25, -0.2) is 0 Å². The normalized spacial score (nSPS) is 26.6. The summed E-state index contributed by atoms with van der Waals surface area (Å²) in [5.74, 6) is 1.19. The highest BCUT2D eigenvalue weighted by molar-refractivity contribution is 7.99. The first-order valence-corrected chi connectivity index (χ1v) is 7.87. The van der Waals surface area contributed by atoms with Gasteiger partial charge in [0.05, 0.1) is 0 Å². The minimum atomic E-state index is 0.201. The van der Waals surface area contributed by atoms with Crippen LogP contribution in [0.5, 0.6) is 0 Å². The molecule has 3 unspecified atom stereocenters. The maximum atomic E-state index is 6.26. The number of nitrogens with two attached hydrogens (primary N) is 1. The van der Waals surface area contributed by atoms with E-state index < -0.39 is 0 Å². The zero-order valence-electron chi connectivity index (χ0n) is 11.5. The summed E-state index contributed by atoms with van der Waals surface area (Å²) >= 11 is 1.63. The van der Waals surface area contributed by atoms with Crippen LogP contribution in [-0.4, -0.2) is 21.5 Å².